The summed E-state index contributed by atoms with van der Waals surface area (Å²) in [4.78, 5) is 17.3. The molecular weight excluding hydrogens is 362 g/mol. The van der Waals surface area contributed by atoms with Crippen molar-refractivity contribution < 1.29 is 9.90 Å². The molecule has 2 N–H and O–H groups in total. The molecule has 1 aromatic rings. The molecule has 5 aliphatic rings. The molecule has 1 aliphatic heterocycles. The van der Waals surface area contributed by atoms with E-state index < -0.39 is 0 Å². The van der Waals surface area contributed by atoms with Crippen LogP contribution in [0, 0.1) is 23.2 Å². The zero-order chi connectivity index (χ0) is 20.0. The Morgan fingerprint density at radius 1 is 1.07 bits per heavy atom. The average molecular weight is 398 g/mol. The van der Waals surface area contributed by atoms with Crippen molar-refractivity contribution in [3.63, 3.8) is 0 Å². The largest absolute Gasteiger partial charge is 0.506 e. The van der Waals surface area contributed by atoms with E-state index in [1.54, 1.807) is 6.07 Å². The summed E-state index contributed by atoms with van der Waals surface area (Å²) < 4.78 is 0. The number of rotatable bonds is 5. The van der Waals surface area contributed by atoms with Crippen molar-refractivity contribution in [2.45, 2.75) is 51.5 Å². The first-order valence-corrected chi connectivity index (χ1v) is 11.6. The van der Waals surface area contributed by atoms with Crippen molar-refractivity contribution in [1.82, 2.24) is 10.2 Å². The maximum Gasteiger partial charge on any atom is 0.234 e. The number of anilines is 1. The van der Waals surface area contributed by atoms with Gasteiger partial charge in [0.15, 0.2) is 0 Å². The number of phenols is 1. The lowest BCUT2D eigenvalue weighted by atomic mass is 9.48. The Balaban J connectivity index is 1.13. The number of carbonyl (C=O) groups excluding carboxylic acids is 1. The Morgan fingerprint density at radius 3 is 2.24 bits per heavy atom. The Labute approximate surface area is 174 Å². The highest BCUT2D eigenvalue weighted by atomic mass is 16.3. The second-order valence-corrected chi connectivity index (χ2v) is 10.3. The number of aromatic hydroxyl groups is 1. The van der Waals surface area contributed by atoms with E-state index in [0.29, 0.717) is 23.8 Å². The van der Waals surface area contributed by atoms with E-state index in [9.17, 15) is 9.90 Å². The van der Waals surface area contributed by atoms with Gasteiger partial charge in [-0.25, -0.2) is 0 Å². The molecule has 0 unspecified atom stereocenters. The summed E-state index contributed by atoms with van der Waals surface area (Å²) in [5.41, 5.74) is 1.26. The van der Waals surface area contributed by atoms with Crippen LogP contribution < -0.4 is 10.2 Å². The zero-order valence-electron chi connectivity index (χ0n) is 17.6. The highest BCUT2D eigenvalue weighted by Gasteiger charge is 2.53. The van der Waals surface area contributed by atoms with Crippen molar-refractivity contribution in [3.05, 3.63) is 24.3 Å². The number of piperazine rings is 1. The minimum atomic E-state index is 0.184. The average Bonchev–Trinajstić information content (AvgIpc) is 2.68. The predicted octanol–water partition coefficient (Wildman–Crippen LogP) is 3.24. The third-order valence-electron chi connectivity index (χ3n) is 8.34. The van der Waals surface area contributed by atoms with Crippen LogP contribution in [-0.2, 0) is 4.79 Å². The lowest BCUT2D eigenvalue weighted by Gasteiger charge is -2.59. The molecule has 158 valence electrons. The van der Waals surface area contributed by atoms with Crippen molar-refractivity contribution in [3.8, 4) is 5.75 Å². The number of carbonyl (C=O) groups is 1. The van der Waals surface area contributed by atoms with Gasteiger partial charge in [-0.3, -0.25) is 9.69 Å². The molecule has 29 heavy (non-hydrogen) atoms. The predicted molar refractivity (Wildman–Crippen MR) is 115 cm³/mol. The van der Waals surface area contributed by atoms with E-state index in [2.05, 4.69) is 22.0 Å². The number of amides is 1. The Bertz CT molecular complexity index is 721. The Kier molecular flexibility index (Phi) is 4.97. The number of nitrogens with zero attached hydrogens (tertiary/aromatic N) is 2. The van der Waals surface area contributed by atoms with Crippen LogP contribution in [-0.4, -0.2) is 54.7 Å². The van der Waals surface area contributed by atoms with E-state index in [-0.39, 0.29) is 5.91 Å². The summed E-state index contributed by atoms with van der Waals surface area (Å²) in [7, 11) is 0. The zero-order valence-corrected chi connectivity index (χ0v) is 17.6. The van der Waals surface area contributed by atoms with Crippen LogP contribution in [0.5, 0.6) is 5.75 Å². The molecule has 5 nitrogen and oxygen atoms in total. The monoisotopic (exact) mass is 397 g/mol. The summed E-state index contributed by atoms with van der Waals surface area (Å²) in [5, 5.41) is 13.5. The van der Waals surface area contributed by atoms with E-state index in [1.165, 1.54) is 38.5 Å². The van der Waals surface area contributed by atoms with Gasteiger partial charge in [-0.05, 0) is 80.8 Å². The van der Waals surface area contributed by atoms with E-state index in [0.717, 1.165) is 49.6 Å². The lowest BCUT2D eigenvalue weighted by Crippen LogP contribution is -2.57. The fourth-order valence-electron chi connectivity index (χ4n) is 7.23. The van der Waals surface area contributed by atoms with E-state index in [1.807, 2.05) is 18.2 Å². The first-order chi connectivity index (χ1) is 14.0. The Hall–Kier alpha value is -1.75. The lowest BCUT2D eigenvalue weighted by molar-refractivity contribution is -0.127. The summed E-state index contributed by atoms with van der Waals surface area (Å²) in [6.07, 6.45) is 8.34. The molecule has 4 bridgehead atoms. The number of nitrogens with one attached hydrogen (secondary N) is 1. The van der Waals surface area contributed by atoms with E-state index >= 15 is 0 Å². The molecule has 1 atom stereocenters. The molecule has 1 saturated heterocycles. The molecule has 1 aromatic carbocycles. The number of benzene rings is 1. The van der Waals surface area contributed by atoms with Gasteiger partial charge in [0.2, 0.25) is 5.91 Å². The molecule has 6 rings (SSSR count). The van der Waals surface area contributed by atoms with Gasteiger partial charge in [0, 0.05) is 32.2 Å². The van der Waals surface area contributed by atoms with Crippen molar-refractivity contribution in [1.29, 1.82) is 0 Å². The van der Waals surface area contributed by atoms with Crippen molar-refractivity contribution >= 4 is 11.6 Å². The third kappa shape index (κ3) is 3.74. The third-order valence-corrected chi connectivity index (χ3v) is 8.34. The molecule has 4 aliphatic carbocycles. The SMILES string of the molecule is C[C@H](NC(=O)CN1CCN(c2ccccc2O)CC1)C12CC3CC(CC(C3)C1)C2. The summed E-state index contributed by atoms with van der Waals surface area (Å²) in [6, 6.07) is 7.81. The molecule has 0 aromatic heterocycles. The standard InChI is InChI=1S/C24H35N3O2/c1-17(24-13-18-10-19(14-24)12-20(11-18)15-24)25-23(29)16-26-6-8-27(9-7-26)21-4-2-3-5-22(21)28/h2-5,17-20,28H,6-16H2,1H3,(H,25,29)/t17-,18?,19?,20?,24?/m0/s1. The fraction of sp³-hybridized carbons (Fsp3) is 0.708. The quantitative estimate of drug-likeness (QED) is 0.801. The molecule has 5 heteroatoms. The van der Waals surface area contributed by atoms with Gasteiger partial charge < -0.3 is 15.3 Å². The first-order valence-electron chi connectivity index (χ1n) is 11.6. The minimum Gasteiger partial charge on any atom is -0.506 e. The number of phenolic OH excluding ortho intramolecular Hbond substituents is 1. The molecule has 1 heterocycles. The minimum absolute atomic E-state index is 0.184. The highest BCUT2D eigenvalue weighted by Crippen LogP contribution is 2.61. The number of hydrogen-bond donors (Lipinski definition) is 2. The molecular formula is C24H35N3O2. The van der Waals surface area contributed by atoms with E-state index in [4.69, 9.17) is 0 Å². The van der Waals surface area contributed by atoms with Gasteiger partial charge in [-0.2, -0.15) is 0 Å². The molecule has 4 saturated carbocycles. The molecule has 1 amide bonds. The number of para-hydroxylation sites is 2. The van der Waals surface area contributed by atoms with Crippen LogP contribution in [0.1, 0.15) is 45.4 Å². The van der Waals surface area contributed by atoms with Gasteiger partial charge in [0.05, 0.1) is 12.2 Å². The van der Waals surface area contributed by atoms with Gasteiger partial charge in [-0.1, -0.05) is 12.1 Å². The number of hydrogen-bond acceptors (Lipinski definition) is 4. The normalized spacial score (nSPS) is 34.9. The maximum absolute atomic E-state index is 12.8. The van der Waals surface area contributed by atoms with Crippen LogP contribution >= 0.6 is 0 Å². The maximum atomic E-state index is 12.8. The molecule has 0 spiro atoms. The Morgan fingerprint density at radius 2 is 1.66 bits per heavy atom. The van der Waals surface area contributed by atoms with Crippen LogP contribution in [0.4, 0.5) is 5.69 Å². The molecule has 0 radical (unpaired) electrons. The summed E-state index contributed by atoms with van der Waals surface area (Å²) in [5.74, 6) is 3.28. The van der Waals surface area contributed by atoms with Gasteiger partial charge in [-0.15, -0.1) is 0 Å². The topological polar surface area (TPSA) is 55.8 Å². The van der Waals surface area contributed by atoms with Gasteiger partial charge in [0.25, 0.3) is 0 Å². The smallest absolute Gasteiger partial charge is 0.234 e. The summed E-state index contributed by atoms with van der Waals surface area (Å²) in [6.45, 7) is 6.15. The van der Waals surface area contributed by atoms with Crippen molar-refractivity contribution in [2.75, 3.05) is 37.6 Å². The van der Waals surface area contributed by atoms with Gasteiger partial charge in [0.1, 0.15) is 5.75 Å². The van der Waals surface area contributed by atoms with Crippen LogP contribution in [0.25, 0.3) is 0 Å². The van der Waals surface area contributed by atoms with Crippen LogP contribution in [0.2, 0.25) is 0 Å². The first kappa shape index (κ1) is 19.2. The van der Waals surface area contributed by atoms with Crippen molar-refractivity contribution in [2.24, 2.45) is 23.2 Å². The van der Waals surface area contributed by atoms with Crippen LogP contribution in [0.15, 0.2) is 24.3 Å². The van der Waals surface area contributed by atoms with Gasteiger partial charge >= 0.3 is 0 Å². The highest BCUT2D eigenvalue weighted by molar-refractivity contribution is 5.78. The fourth-order valence-corrected chi connectivity index (χ4v) is 7.23. The van der Waals surface area contributed by atoms with Crippen LogP contribution in [0.3, 0.4) is 0 Å². The summed E-state index contributed by atoms with van der Waals surface area (Å²) >= 11 is 0. The second-order valence-electron chi connectivity index (χ2n) is 10.3. The second kappa shape index (κ2) is 7.50. The molecule has 5 fully saturated rings.